The van der Waals surface area contributed by atoms with Gasteiger partial charge in [-0.1, -0.05) is 38.5 Å². The van der Waals surface area contributed by atoms with E-state index in [0.29, 0.717) is 30.0 Å². The van der Waals surface area contributed by atoms with E-state index in [1.165, 1.54) is 0 Å². The number of nitrogens with zero attached hydrogens (tertiary/aromatic N) is 1. The number of esters is 1. The van der Waals surface area contributed by atoms with Crippen molar-refractivity contribution in [3.8, 4) is 0 Å². The number of benzene rings is 1. The molecule has 2 atom stereocenters. The fraction of sp³-hybridized carbons (Fsp3) is 0.458. The Morgan fingerprint density at radius 2 is 2.00 bits per heavy atom. The molecule has 0 bridgehead atoms. The Bertz CT molecular complexity index is 1020. The molecule has 0 aromatic heterocycles. The van der Waals surface area contributed by atoms with Crippen molar-refractivity contribution >= 4 is 23.3 Å². The van der Waals surface area contributed by atoms with E-state index in [-0.39, 0.29) is 47.7 Å². The number of nitrogens with two attached hydrogens (primary N) is 1. The number of Topliss-reactive ketones (excluding diaryl/α,β-unsaturated/α-hetero) is 1. The van der Waals surface area contributed by atoms with Crippen LogP contribution in [0, 0.1) is 5.92 Å². The molecule has 31 heavy (non-hydrogen) atoms. The van der Waals surface area contributed by atoms with Gasteiger partial charge < -0.3 is 20.1 Å². The first-order valence-corrected chi connectivity index (χ1v) is 10.9. The Morgan fingerprint density at radius 1 is 1.26 bits per heavy atom. The van der Waals surface area contributed by atoms with Crippen molar-refractivity contribution in [1.29, 1.82) is 0 Å². The Labute approximate surface area is 181 Å². The second kappa shape index (κ2) is 7.87. The molecule has 4 rings (SSSR count). The quantitative estimate of drug-likeness (QED) is 0.730. The zero-order valence-electron chi connectivity index (χ0n) is 18.2. The largest absolute Gasteiger partial charge is 0.462 e. The summed E-state index contributed by atoms with van der Waals surface area (Å²) < 4.78 is 11.1. The average Bonchev–Trinajstić information content (AvgIpc) is 2.95. The number of allylic oxidation sites excluding steroid dienone is 1. The summed E-state index contributed by atoms with van der Waals surface area (Å²) in [6.45, 7) is 6.28. The van der Waals surface area contributed by atoms with Crippen molar-refractivity contribution in [2.75, 3.05) is 18.1 Å². The number of para-hydroxylation sites is 1. The number of ketones is 1. The molecule has 2 heterocycles. The molecule has 0 saturated carbocycles. The molecule has 0 fully saturated rings. The van der Waals surface area contributed by atoms with Crippen LogP contribution in [0.3, 0.4) is 0 Å². The lowest BCUT2D eigenvalue weighted by atomic mass is 9.64. The highest BCUT2D eigenvalue weighted by atomic mass is 16.5. The van der Waals surface area contributed by atoms with E-state index in [0.717, 1.165) is 12.8 Å². The molecule has 164 valence electrons. The third-order valence-corrected chi connectivity index (χ3v) is 6.23. The molecular weight excluding hydrogens is 396 g/mol. The monoisotopic (exact) mass is 424 g/mol. The van der Waals surface area contributed by atoms with Crippen molar-refractivity contribution in [1.82, 2.24) is 0 Å². The van der Waals surface area contributed by atoms with Crippen LogP contribution in [-0.4, -0.2) is 30.8 Å². The molecule has 0 saturated heterocycles. The molecule has 2 aliphatic heterocycles. The average molecular weight is 424 g/mol. The van der Waals surface area contributed by atoms with E-state index in [2.05, 4.69) is 0 Å². The Balaban J connectivity index is 2.04. The van der Waals surface area contributed by atoms with Crippen molar-refractivity contribution in [3.63, 3.8) is 0 Å². The number of ether oxygens (including phenoxy) is 2. The highest BCUT2D eigenvalue weighted by Gasteiger charge is 2.63. The first kappa shape index (κ1) is 21.2. The molecule has 3 aliphatic rings. The van der Waals surface area contributed by atoms with Gasteiger partial charge in [-0.3, -0.25) is 9.59 Å². The van der Waals surface area contributed by atoms with E-state index < -0.39 is 11.4 Å². The van der Waals surface area contributed by atoms with Crippen molar-refractivity contribution in [3.05, 3.63) is 52.6 Å². The first-order valence-electron chi connectivity index (χ1n) is 10.9. The number of anilines is 1. The lowest BCUT2D eigenvalue weighted by Gasteiger charge is -2.40. The number of carbonyl (C=O) groups is 3. The van der Waals surface area contributed by atoms with Crippen molar-refractivity contribution in [2.45, 2.75) is 51.9 Å². The van der Waals surface area contributed by atoms with Gasteiger partial charge in [-0.2, -0.15) is 0 Å². The summed E-state index contributed by atoms with van der Waals surface area (Å²) in [7, 11) is 0. The maximum Gasteiger partial charge on any atom is 0.341 e. The number of hydrogen-bond donors (Lipinski definition) is 1. The van der Waals surface area contributed by atoms with Gasteiger partial charge in [-0.15, -0.1) is 0 Å². The van der Waals surface area contributed by atoms with E-state index >= 15 is 0 Å². The van der Waals surface area contributed by atoms with Gasteiger partial charge in [0.15, 0.2) is 5.78 Å². The van der Waals surface area contributed by atoms with Gasteiger partial charge in [0.05, 0.1) is 12.2 Å². The van der Waals surface area contributed by atoms with E-state index in [4.69, 9.17) is 15.2 Å². The Morgan fingerprint density at radius 3 is 2.71 bits per heavy atom. The predicted molar refractivity (Wildman–Crippen MR) is 115 cm³/mol. The summed E-state index contributed by atoms with van der Waals surface area (Å²) in [6.07, 6.45) is 2.45. The maximum absolute atomic E-state index is 14.2. The summed E-state index contributed by atoms with van der Waals surface area (Å²) >= 11 is 0. The van der Waals surface area contributed by atoms with Crippen LogP contribution < -0.4 is 10.6 Å². The normalized spacial score (nSPS) is 25.0. The van der Waals surface area contributed by atoms with Gasteiger partial charge in [-0.05, 0) is 25.3 Å². The highest BCUT2D eigenvalue weighted by Crippen LogP contribution is 2.56. The second-order valence-electron chi connectivity index (χ2n) is 8.37. The minimum Gasteiger partial charge on any atom is -0.462 e. The smallest absolute Gasteiger partial charge is 0.341 e. The molecule has 0 radical (unpaired) electrons. The highest BCUT2D eigenvalue weighted by molar-refractivity contribution is 6.23. The van der Waals surface area contributed by atoms with Crippen LogP contribution in [0.4, 0.5) is 5.69 Å². The summed E-state index contributed by atoms with van der Waals surface area (Å²) in [5.74, 6) is -0.994. The van der Waals surface area contributed by atoms with Crippen LogP contribution in [0.25, 0.3) is 0 Å². The SMILES string of the molecule is CCCCN1C(=O)[C@]2(C(C(=O)OCC)=C(N)OC3=C2C(=O)C[C@@H](C)C3)c2ccccc21. The van der Waals surface area contributed by atoms with Gasteiger partial charge >= 0.3 is 5.97 Å². The van der Waals surface area contributed by atoms with Gasteiger partial charge in [-0.25, -0.2) is 4.79 Å². The molecule has 1 aromatic carbocycles. The number of fused-ring (bicyclic) bond motifs is 3. The fourth-order valence-electron chi connectivity index (χ4n) is 5.00. The molecular formula is C24H28N2O5. The molecule has 7 nitrogen and oxygen atoms in total. The van der Waals surface area contributed by atoms with Crippen LogP contribution in [0.15, 0.2) is 47.1 Å². The van der Waals surface area contributed by atoms with Crippen LogP contribution in [0.2, 0.25) is 0 Å². The second-order valence-corrected chi connectivity index (χ2v) is 8.37. The topological polar surface area (TPSA) is 98.9 Å². The molecule has 1 spiro atoms. The van der Waals surface area contributed by atoms with Crippen LogP contribution in [0.1, 0.15) is 52.0 Å². The Hall–Kier alpha value is -3.09. The van der Waals surface area contributed by atoms with Gasteiger partial charge in [0, 0.05) is 30.6 Å². The number of carbonyl (C=O) groups excluding carboxylic acids is 3. The maximum atomic E-state index is 14.2. The van der Waals surface area contributed by atoms with Crippen LogP contribution >= 0.6 is 0 Å². The lowest BCUT2D eigenvalue weighted by molar-refractivity contribution is -0.141. The number of unbranched alkanes of at least 4 members (excludes halogenated alkanes) is 1. The predicted octanol–water partition coefficient (Wildman–Crippen LogP) is 3.09. The lowest BCUT2D eigenvalue weighted by Crippen LogP contribution is -2.51. The molecule has 7 heteroatoms. The molecule has 1 aromatic rings. The Kier molecular flexibility index (Phi) is 5.37. The van der Waals surface area contributed by atoms with Crippen LogP contribution in [0.5, 0.6) is 0 Å². The van der Waals surface area contributed by atoms with Gasteiger partial charge in [0.2, 0.25) is 11.8 Å². The number of amides is 1. The third kappa shape index (κ3) is 2.98. The summed E-state index contributed by atoms with van der Waals surface area (Å²) in [4.78, 5) is 42.4. The van der Waals surface area contributed by atoms with Crippen molar-refractivity contribution < 1.29 is 23.9 Å². The first-order chi connectivity index (χ1) is 14.9. The molecule has 0 unspecified atom stereocenters. The standard InChI is InChI=1S/C24H28N2O5/c1-4-6-11-26-16-10-8-7-9-15(16)24(23(26)29)19-17(27)12-14(3)13-18(19)31-21(25)20(24)22(28)30-5-2/h7-10,14H,4-6,11-13,25H2,1-3H3/t14-,24-/m1/s1. The molecule has 1 amide bonds. The zero-order chi connectivity index (χ0) is 22.3. The third-order valence-electron chi connectivity index (χ3n) is 6.23. The van der Waals surface area contributed by atoms with Gasteiger partial charge in [0.25, 0.3) is 0 Å². The zero-order valence-corrected chi connectivity index (χ0v) is 18.2. The van der Waals surface area contributed by atoms with E-state index in [1.807, 2.05) is 32.0 Å². The molecule has 1 aliphatic carbocycles. The minimum atomic E-state index is -1.63. The van der Waals surface area contributed by atoms with Crippen molar-refractivity contribution in [2.24, 2.45) is 11.7 Å². The molecule has 2 N–H and O–H groups in total. The number of rotatable bonds is 5. The van der Waals surface area contributed by atoms with E-state index in [9.17, 15) is 14.4 Å². The fourth-order valence-corrected chi connectivity index (χ4v) is 5.00. The van der Waals surface area contributed by atoms with E-state index in [1.54, 1.807) is 17.9 Å². The minimum absolute atomic E-state index is 0.0585. The summed E-state index contributed by atoms with van der Waals surface area (Å²) in [5.41, 5.74) is 6.05. The summed E-state index contributed by atoms with van der Waals surface area (Å²) in [5, 5.41) is 0. The van der Waals surface area contributed by atoms with Gasteiger partial charge in [0.1, 0.15) is 16.7 Å². The van der Waals surface area contributed by atoms with Crippen LogP contribution in [-0.2, 0) is 29.3 Å². The summed E-state index contributed by atoms with van der Waals surface area (Å²) in [6, 6.07) is 7.30. The number of hydrogen-bond acceptors (Lipinski definition) is 6.